The maximum Gasteiger partial charge on any atom is 0.0634 e. The molecule has 0 atom stereocenters. The average molecular weight is 248 g/mol. The van der Waals surface area contributed by atoms with Crippen LogP contribution >= 0.6 is 11.6 Å². The van der Waals surface area contributed by atoms with Crippen LogP contribution in [0.4, 0.5) is 0 Å². The Bertz CT molecular complexity index is 192. The van der Waals surface area contributed by atoms with Gasteiger partial charge in [-0.15, -0.1) is 11.6 Å². The molecule has 1 rings (SSSR count). The minimum absolute atomic E-state index is 0.00294. The van der Waals surface area contributed by atoms with Crippen LogP contribution < -0.4 is 0 Å². The molecule has 0 bridgehead atoms. The fourth-order valence-corrected chi connectivity index (χ4v) is 2.13. The molecule has 1 aliphatic carbocycles. The Labute approximate surface area is 105 Å². The number of alkyl halides is 1. The van der Waals surface area contributed by atoms with E-state index in [-0.39, 0.29) is 5.60 Å². The number of ether oxygens (including phenoxy) is 1. The predicted octanol–water partition coefficient (Wildman–Crippen LogP) is 3.28. The summed E-state index contributed by atoms with van der Waals surface area (Å²) in [5.41, 5.74) is 0.00294. The highest BCUT2D eigenvalue weighted by molar-refractivity contribution is 6.17. The van der Waals surface area contributed by atoms with Crippen LogP contribution in [0.3, 0.4) is 0 Å². The summed E-state index contributed by atoms with van der Waals surface area (Å²) in [4.78, 5) is 2.60. The van der Waals surface area contributed by atoms with Crippen molar-refractivity contribution >= 4 is 11.6 Å². The molecule has 1 aliphatic rings. The molecule has 0 aromatic rings. The first-order valence-electron chi connectivity index (χ1n) is 6.44. The smallest absolute Gasteiger partial charge is 0.0634 e. The molecular weight excluding hydrogens is 222 g/mol. The van der Waals surface area contributed by atoms with E-state index >= 15 is 0 Å². The summed E-state index contributed by atoms with van der Waals surface area (Å²) in [7, 11) is 1.80. The van der Waals surface area contributed by atoms with Gasteiger partial charge in [-0.1, -0.05) is 6.42 Å². The van der Waals surface area contributed by atoms with Crippen molar-refractivity contribution in [3.05, 3.63) is 0 Å². The number of nitrogens with zero attached hydrogens (tertiary/aromatic N) is 1. The highest BCUT2D eigenvalue weighted by Gasteiger charge is 2.26. The van der Waals surface area contributed by atoms with Gasteiger partial charge in [0.25, 0.3) is 0 Å². The first kappa shape index (κ1) is 14.3. The van der Waals surface area contributed by atoms with Crippen molar-refractivity contribution in [1.82, 2.24) is 4.90 Å². The van der Waals surface area contributed by atoms with Gasteiger partial charge in [-0.25, -0.2) is 0 Å². The molecular formula is C13H26ClNO. The predicted molar refractivity (Wildman–Crippen MR) is 70.3 cm³/mol. The second kappa shape index (κ2) is 6.83. The zero-order valence-corrected chi connectivity index (χ0v) is 11.7. The van der Waals surface area contributed by atoms with Gasteiger partial charge >= 0.3 is 0 Å². The van der Waals surface area contributed by atoms with Crippen molar-refractivity contribution in [2.75, 3.05) is 26.1 Å². The lowest BCUT2D eigenvalue weighted by Crippen LogP contribution is -2.43. The normalized spacial score (nSPS) is 17.8. The van der Waals surface area contributed by atoms with Crippen molar-refractivity contribution in [2.45, 2.75) is 57.6 Å². The van der Waals surface area contributed by atoms with Crippen LogP contribution in [0.5, 0.6) is 0 Å². The van der Waals surface area contributed by atoms with Crippen LogP contribution in [0, 0.1) is 0 Å². The van der Waals surface area contributed by atoms with E-state index < -0.39 is 0 Å². The first-order valence-corrected chi connectivity index (χ1v) is 6.97. The molecule has 16 heavy (non-hydrogen) atoms. The SMILES string of the molecule is COC(C)(C)CCN(CCCCl)C1CCC1. The number of rotatable bonds is 8. The van der Waals surface area contributed by atoms with E-state index in [4.69, 9.17) is 16.3 Å². The summed E-state index contributed by atoms with van der Waals surface area (Å²) in [6.45, 7) is 6.61. The molecule has 3 heteroatoms. The van der Waals surface area contributed by atoms with E-state index in [1.54, 1.807) is 7.11 Å². The van der Waals surface area contributed by atoms with Gasteiger partial charge in [-0.05, 0) is 46.1 Å². The Morgan fingerprint density at radius 1 is 1.31 bits per heavy atom. The molecule has 0 aromatic carbocycles. The Morgan fingerprint density at radius 2 is 2.00 bits per heavy atom. The van der Waals surface area contributed by atoms with Crippen molar-refractivity contribution in [2.24, 2.45) is 0 Å². The molecule has 96 valence electrons. The Morgan fingerprint density at radius 3 is 2.44 bits per heavy atom. The van der Waals surface area contributed by atoms with Gasteiger partial charge in [0.05, 0.1) is 5.60 Å². The van der Waals surface area contributed by atoms with Gasteiger partial charge < -0.3 is 9.64 Å². The zero-order chi connectivity index (χ0) is 12.0. The van der Waals surface area contributed by atoms with Crippen molar-refractivity contribution < 1.29 is 4.74 Å². The highest BCUT2D eigenvalue weighted by atomic mass is 35.5. The zero-order valence-electron chi connectivity index (χ0n) is 11.0. The van der Waals surface area contributed by atoms with Crippen LogP contribution in [0.25, 0.3) is 0 Å². The molecule has 0 amide bonds. The third-order valence-electron chi connectivity index (χ3n) is 3.72. The van der Waals surface area contributed by atoms with Crippen LogP contribution in [0.2, 0.25) is 0 Å². The van der Waals surface area contributed by atoms with Crippen LogP contribution in [-0.4, -0.2) is 42.6 Å². The molecule has 0 aliphatic heterocycles. The molecule has 1 saturated carbocycles. The maximum atomic E-state index is 5.78. The van der Waals surface area contributed by atoms with Gasteiger partial charge in [-0.3, -0.25) is 0 Å². The van der Waals surface area contributed by atoms with Gasteiger partial charge in [0.1, 0.15) is 0 Å². The summed E-state index contributed by atoms with van der Waals surface area (Å²) in [6.07, 6.45) is 6.34. The van der Waals surface area contributed by atoms with Gasteiger partial charge in [0.15, 0.2) is 0 Å². The molecule has 0 radical (unpaired) electrons. The number of hydrogen-bond donors (Lipinski definition) is 0. The van der Waals surface area contributed by atoms with E-state index in [0.717, 1.165) is 37.9 Å². The number of methoxy groups -OCH3 is 1. The molecule has 0 unspecified atom stereocenters. The fraction of sp³-hybridized carbons (Fsp3) is 1.00. The standard InChI is InChI=1S/C13H26ClNO/c1-13(2,16-3)8-11-15(10-5-9-14)12-6-4-7-12/h12H,4-11H2,1-3H3. The Hall–Kier alpha value is 0.210. The maximum absolute atomic E-state index is 5.78. The minimum Gasteiger partial charge on any atom is -0.379 e. The summed E-state index contributed by atoms with van der Waals surface area (Å²) < 4.78 is 5.47. The van der Waals surface area contributed by atoms with Crippen LogP contribution in [0.15, 0.2) is 0 Å². The molecule has 1 fully saturated rings. The van der Waals surface area contributed by atoms with Crippen molar-refractivity contribution in [1.29, 1.82) is 0 Å². The molecule has 0 N–H and O–H groups in total. The number of hydrogen-bond acceptors (Lipinski definition) is 2. The number of halogens is 1. The van der Waals surface area contributed by atoms with Gasteiger partial charge in [0.2, 0.25) is 0 Å². The van der Waals surface area contributed by atoms with E-state index in [0.29, 0.717) is 0 Å². The summed E-state index contributed by atoms with van der Waals surface area (Å²) >= 11 is 5.78. The highest BCUT2D eigenvalue weighted by Crippen LogP contribution is 2.26. The summed E-state index contributed by atoms with van der Waals surface area (Å²) in [5.74, 6) is 0.775. The second-order valence-corrected chi connectivity index (χ2v) is 5.76. The van der Waals surface area contributed by atoms with Gasteiger partial charge in [-0.2, -0.15) is 0 Å². The van der Waals surface area contributed by atoms with Crippen molar-refractivity contribution in [3.63, 3.8) is 0 Å². The molecule has 2 nitrogen and oxygen atoms in total. The molecule has 0 aromatic heterocycles. The largest absolute Gasteiger partial charge is 0.379 e. The Balaban J connectivity index is 2.31. The van der Waals surface area contributed by atoms with Crippen LogP contribution in [-0.2, 0) is 4.74 Å². The second-order valence-electron chi connectivity index (χ2n) is 5.38. The van der Waals surface area contributed by atoms with Crippen LogP contribution in [0.1, 0.15) is 46.0 Å². The van der Waals surface area contributed by atoms with E-state index in [2.05, 4.69) is 18.7 Å². The van der Waals surface area contributed by atoms with Crippen molar-refractivity contribution in [3.8, 4) is 0 Å². The van der Waals surface area contributed by atoms with E-state index in [9.17, 15) is 0 Å². The first-order chi connectivity index (χ1) is 7.59. The topological polar surface area (TPSA) is 12.5 Å². The van der Waals surface area contributed by atoms with E-state index in [1.165, 1.54) is 19.3 Å². The summed E-state index contributed by atoms with van der Waals surface area (Å²) in [5, 5.41) is 0. The lowest BCUT2D eigenvalue weighted by atomic mass is 9.90. The monoisotopic (exact) mass is 247 g/mol. The quantitative estimate of drug-likeness (QED) is 0.611. The third kappa shape index (κ3) is 4.60. The molecule has 0 saturated heterocycles. The van der Waals surface area contributed by atoms with E-state index in [1.807, 2.05) is 0 Å². The lowest BCUT2D eigenvalue weighted by Gasteiger charge is -2.39. The third-order valence-corrected chi connectivity index (χ3v) is 3.99. The minimum atomic E-state index is 0.00294. The Kier molecular flexibility index (Phi) is 6.09. The van der Waals surface area contributed by atoms with Gasteiger partial charge in [0, 0.05) is 25.6 Å². The summed E-state index contributed by atoms with van der Waals surface area (Å²) in [6, 6.07) is 0.816. The molecule has 0 heterocycles. The lowest BCUT2D eigenvalue weighted by molar-refractivity contribution is -0.000428. The average Bonchev–Trinajstić information content (AvgIpc) is 2.19. The molecule has 0 spiro atoms. The fourth-order valence-electron chi connectivity index (χ4n) is 2.01.